The van der Waals surface area contributed by atoms with Gasteiger partial charge in [-0.1, -0.05) is 12.1 Å². The number of nitrogens with zero attached hydrogens (tertiary/aromatic N) is 5. The second kappa shape index (κ2) is 10.8. The summed E-state index contributed by atoms with van der Waals surface area (Å²) in [7, 11) is -2.76. The van der Waals surface area contributed by atoms with E-state index in [0.29, 0.717) is 17.1 Å². The first kappa shape index (κ1) is 24.1. The van der Waals surface area contributed by atoms with Gasteiger partial charge in [0.05, 0.1) is 37.8 Å². The molecule has 3 heterocycles. The van der Waals surface area contributed by atoms with E-state index in [1.807, 2.05) is 0 Å². The number of ether oxygens (including phenoxy) is 1. The highest BCUT2D eigenvalue weighted by atomic mass is 32.2. The molecule has 10 nitrogen and oxygen atoms in total. The average molecular weight is 472 g/mol. The topological polar surface area (TPSA) is 126 Å². The highest BCUT2D eigenvalue weighted by molar-refractivity contribution is 7.92. The lowest BCUT2D eigenvalue weighted by Gasteiger charge is -2.28. The second-order valence-electron chi connectivity index (χ2n) is 7.06. The molecule has 0 fully saturated rings. The van der Waals surface area contributed by atoms with Gasteiger partial charge in [-0.3, -0.25) is 14.1 Å². The number of rotatable bonds is 10. The maximum Gasteiger partial charge on any atom is 0.282 e. The van der Waals surface area contributed by atoms with Crippen LogP contribution < -0.4 is 9.04 Å². The number of aromatic nitrogens is 3. The molecule has 0 saturated heterocycles. The largest absolute Gasteiger partial charge is 0.481 e. The van der Waals surface area contributed by atoms with Crippen molar-refractivity contribution in [3.8, 4) is 5.88 Å². The van der Waals surface area contributed by atoms with Crippen LogP contribution >= 0.6 is 0 Å². The first-order valence-electron chi connectivity index (χ1n) is 10.1. The number of carbonyl (C=O) groups excluding carboxylic acids is 1. The van der Waals surface area contributed by atoms with E-state index in [1.165, 1.54) is 36.5 Å². The molecule has 0 aromatic carbocycles. The molecule has 174 valence electrons. The van der Waals surface area contributed by atoms with Crippen molar-refractivity contribution in [2.24, 2.45) is 0 Å². The van der Waals surface area contributed by atoms with Crippen molar-refractivity contribution in [3.63, 3.8) is 0 Å². The van der Waals surface area contributed by atoms with Gasteiger partial charge in [0.2, 0.25) is 11.8 Å². The summed E-state index contributed by atoms with van der Waals surface area (Å²) in [6.45, 7) is 0.976. The smallest absolute Gasteiger partial charge is 0.282 e. The van der Waals surface area contributed by atoms with Crippen LogP contribution in [0.2, 0.25) is 0 Å². The molecule has 0 aliphatic carbocycles. The van der Waals surface area contributed by atoms with Crippen molar-refractivity contribution in [2.45, 2.75) is 18.5 Å². The number of hydrogen-bond donors (Lipinski definition) is 1. The van der Waals surface area contributed by atoms with E-state index < -0.39 is 22.5 Å². The van der Waals surface area contributed by atoms with E-state index in [1.54, 1.807) is 43.5 Å². The Bertz CT molecular complexity index is 1170. The van der Waals surface area contributed by atoms with Crippen molar-refractivity contribution < 1.29 is 23.1 Å². The molecule has 0 unspecified atom stereocenters. The van der Waals surface area contributed by atoms with Gasteiger partial charge in [-0.05, 0) is 36.8 Å². The molecule has 1 N–H and O–H groups in total. The monoisotopic (exact) mass is 471 g/mol. The minimum absolute atomic E-state index is 0.0206. The molecule has 0 aliphatic heterocycles. The third-order valence-corrected chi connectivity index (χ3v) is 6.63. The lowest BCUT2D eigenvalue weighted by atomic mass is 10.3. The van der Waals surface area contributed by atoms with Crippen LogP contribution in [0, 0.1) is 6.92 Å². The van der Waals surface area contributed by atoms with Gasteiger partial charge in [-0.15, -0.1) is 0 Å². The Labute approximate surface area is 192 Å². The highest BCUT2D eigenvalue weighted by Crippen LogP contribution is 2.25. The van der Waals surface area contributed by atoms with Gasteiger partial charge < -0.3 is 14.7 Å². The van der Waals surface area contributed by atoms with Gasteiger partial charge in [-0.25, -0.2) is 9.97 Å². The van der Waals surface area contributed by atoms with Gasteiger partial charge in [0.1, 0.15) is 6.54 Å². The summed E-state index contributed by atoms with van der Waals surface area (Å²) in [5.41, 5.74) is 1.23. The Morgan fingerprint density at radius 3 is 2.45 bits per heavy atom. The fraction of sp³-hybridized carbons (Fsp3) is 0.273. The van der Waals surface area contributed by atoms with Crippen molar-refractivity contribution in [1.29, 1.82) is 0 Å². The quantitative estimate of drug-likeness (QED) is 0.470. The minimum atomic E-state index is -4.20. The zero-order chi connectivity index (χ0) is 23.8. The molecular formula is C22H25N5O5S. The predicted octanol–water partition coefficient (Wildman–Crippen LogP) is 1.41. The van der Waals surface area contributed by atoms with Crippen LogP contribution in [0.5, 0.6) is 5.88 Å². The number of carbonyl (C=O) groups is 1. The van der Waals surface area contributed by atoms with Gasteiger partial charge >= 0.3 is 0 Å². The number of aryl methyl sites for hydroxylation is 1. The van der Waals surface area contributed by atoms with E-state index in [4.69, 9.17) is 4.74 Å². The van der Waals surface area contributed by atoms with Crippen LogP contribution in [0.3, 0.4) is 0 Å². The predicted molar refractivity (Wildman–Crippen MR) is 121 cm³/mol. The maximum absolute atomic E-state index is 13.6. The fourth-order valence-electron chi connectivity index (χ4n) is 3.12. The van der Waals surface area contributed by atoms with Crippen molar-refractivity contribution in [1.82, 2.24) is 19.9 Å². The maximum atomic E-state index is 13.6. The number of methoxy groups -OCH3 is 1. The van der Waals surface area contributed by atoms with Gasteiger partial charge in [-0.2, -0.15) is 8.42 Å². The van der Waals surface area contributed by atoms with Crippen LogP contribution in [0.1, 0.15) is 11.3 Å². The number of sulfonamides is 1. The summed E-state index contributed by atoms with van der Waals surface area (Å²) in [4.78, 5) is 26.9. The van der Waals surface area contributed by atoms with Gasteiger partial charge in [0, 0.05) is 25.0 Å². The van der Waals surface area contributed by atoms with Crippen LogP contribution in [0.4, 0.5) is 5.69 Å². The summed E-state index contributed by atoms with van der Waals surface area (Å²) in [6, 6.07) is 11.6. The second-order valence-corrected chi connectivity index (χ2v) is 8.83. The summed E-state index contributed by atoms with van der Waals surface area (Å²) in [5, 5.41) is 9.31. The molecule has 11 heteroatoms. The molecule has 0 spiro atoms. The Morgan fingerprint density at radius 2 is 1.85 bits per heavy atom. The molecule has 3 rings (SSSR count). The molecule has 3 aromatic heterocycles. The first-order valence-corrected chi connectivity index (χ1v) is 11.5. The van der Waals surface area contributed by atoms with E-state index in [2.05, 4.69) is 15.0 Å². The molecule has 0 aliphatic rings. The SMILES string of the molecule is COc1ccc(N(CC(=O)N(CCO)Cc2ccccn2)S(=O)(=O)c2ncccc2C)cn1. The number of anilines is 1. The third-order valence-electron chi connectivity index (χ3n) is 4.79. The lowest BCUT2D eigenvalue weighted by Crippen LogP contribution is -2.44. The van der Waals surface area contributed by atoms with E-state index >= 15 is 0 Å². The third kappa shape index (κ3) is 5.82. The number of aliphatic hydroxyl groups is 1. The van der Waals surface area contributed by atoms with E-state index in [9.17, 15) is 18.3 Å². The molecule has 0 atom stereocenters. The van der Waals surface area contributed by atoms with E-state index in [-0.39, 0.29) is 30.4 Å². The number of aliphatic hydroxyl groups excluding tert-OH is 1. The van der Waals surface area contributed by atoms with Crippen molar-refractivity contribution in [2.75, 3.05) is 31.1 Å². The summed E-state index contributed by atoms with van der Waals surface area (Å²) in [5.74, 6) is -0.212. The number of amides is 1. The van der Waals surface area contributed by atoms with Crippen molar-refractivity contribution in [3.05, 3.63) is 72.3 Å². The Kier molecular flexibility index (Phi) is 7.91. The molecule has 0 radical (unpaired) electrons. The van der Waals surface area contributed by atoms with E-state index in [0.717, 1.165) is 4.31 Å². The summed E-state index contributed by atoms with van der Waals surface area (Å²) in [6.07, 6.45) is 4.29. The zero-order valence-electron chi connectivity index (χ0n) is 18.3. The molecule has 0 bridgehead atoms. The van der Waals surface area contributed by atoms with Gasteiger partial charge in [0.15, 0.2) is 5.03 Å². The lowest BCUT2D eigenvalue weighted by molar-refractivity contribution is -0.130. The average Bonchev–Trinajstić information content (AvgIpc) is 2.83. The molecular weight excluding hydrogens is 446 g/mol. The molecule has 1 amide bonds. The highest BCUT2D eigenvalue weighted by Gasteiger charge is 2.31. The Morgan fingerprint density at radius 1 is 1.06 bits per heavy atom. The van der Waals surface area contributed by atoms with Crippen LogP contribution in [0.25, 0.3) is 0 Å². The minimum Gasteiger partial charge on any atom is -0.481 e. The van der Waals surface area contributed by atoms with Crippen LogP contribution in [-0.2, 0) is 21.4 Å². The van der Waals surface area contributed by atoms with Crippen molar-refractivity contribution >= 4 is 21.6 Å². The van der Waals surface area contributed by atoms with Crippen LogP contribution in [-0.4, -0.2) is 66.1 Å². The number of hydrogen-bond acceptors (Lipinski definition) is 8. The summed E-state index contributed by atoms with van der Waals surface area (Å²) >= 11 is 0. The Balaban J connectivity index is 1.97. The fourth-order valence-corrected chi connectivity index (χ4v) is 4.67. The summed E-state index contributed by atoms with van der Waals surface area (Å²) < 4.78 is 33.1. The molecule has 0 saturated carbocycles. The van der Waals surface area contributed by atoms with Crippen LogP contribution in [0.15, 0.2) is 66.1 Å². The zero-order valence-corrected chi connectivity index (χ0v) is 19.1. The normalized spacial score (nSPS) is 11.1. The molecule has 3 aromatic rings. The number of pyridine rings is 3. The van der Waals surface area contributed by atoms with Gasteiger partial charge in [0.25, 0.3) is 10.0 Å². The standard InChI is InChI=1S/C22H25N5O5S/c1-17-6-5-11-24-22(17)33(30,31)27(19-8-9-20(32-2)25-14-19)16-21(29)26(12-13-28)15-18-7-3-4-10-23-18/h3-11,14,28H,12-13,15-16H2,1-2H3. The Hall–Kier alpha value is -3.57. The first-order chi connectivity index (χ1) is 15.9. The molecule has 33 heavy (non-hydrogen) atoms.